The van der Waals surface area contributed by atoms with E-state index in [-0.39, 0.29) is 22.4 Å². The highest BCUT2D eigenvalue weighted by molar-refractivity contribution is 6.04. The number of aromatic carboxylic acids is 1. The molecule has 0 radical (unpaired) electrons. The Morgan fingerprint density at radius 1 is 0.837 bits per heavy atom. The quantitative estimate of drug-likeness (QED) is 0.273. The fourth-order valence-corrected chi connectivity index (χ4v) is 8.43. The van der Waals surface area contributed by atoms with Gasteiger partial charge in [0.2, 0.25) is 0 Å². The number of carbonyl (C=O) groups is 2. The smallest absolute Gasteiger partial charge is 0.336 e. The van der Waals surface area contributed by atoms with Crippen molar-refractivity contribution in [3.63, 3.8) is 0 Å². The molecule has 7 heteroatoms. The first-order valence-electron chi connectivity index (χ1n) is 15.8. The highest BCUT2D eigenvalue weighted by Crippen LogP contribution is 2.45. The Morgan fingerprint density at radius 2 is 1.47 bits per heavy atom. The number of fused-ring (bicyclic) bond motifs is 3. The van der Waals surface area contributed by atoms with Gasteiger partial charge in [-0.15, -0.1) is 0 Å². The maximum atomic E-state index is 13.5. The van der Waals surface area contributed by atoms with Crippen LogP contribution in [0.3, 0.4) is 0 Å². The molecule has 3 atom stereocenters. The Kier molecular flexibility index (Phi) is 7.29. The van der Waals surface area contributed by atoms with Gasteiger partial charge in [0, 0.05) is 31.2 Å². The summed E-state index contributed by atoms with van der Waals surface area (Å²) in [7, 11) is 0. The van der Waals surface area contributed by atoms with Crippen LogP contribution in [-0.2, 0) is 5.41 Å². The molecule has 3 aliphatic rings. The normalized spacial score (nSPS) is 23.5. The van der Waals surface area contributed by atoms with E-state index in [1.54, 1.807) is 18.2 Å². The van der Waals surface area contributed by atoms with Crippen molar-refractivity contribution in [3.05, 3.63) is 101 Å². The number of rotatable bonds is 7. The number of hydrogen-bond acceptors (Lipinski definition) is 4. The van der Waals surface area contributed by atoms with Gasteiger partial charge < -0.3 is 14.6 Å². The van der Waals surface area contributed by atoms with E-state index >= 15 is 0 Å². The van der Waals surface area contributed by atoms with E-state index in [4.69, 9.17) is 4.98 Å². The van der Waals surface area contributed by atoms with Crippen LogP contribution in [0.5, 0.6) is 0 Å². The summed E-state index contributed by atoms with van der Waals surface area (Å²) < 4.78 is 2.50. The van der Waals surface area contributed by atoms with Crippen molar-refractivity contribution in [2.24, 2.45) is 0 Å². The van der Waals surface area contributed by atoms with Gasteiger partial charge in [0.05, 0.1) is 22.2 Å². The van der Waals surface area contributed by atoms with Crippen molar-refractivity contribution >= 4 is 22.9 Å². The molecular formula is C36H40N4O3. The monoisotopic (exact) mass is 576 g/mol. The van der Waals surface area contributed by atoms with Gasteiger partial charge in [0.15, 0.2) is 0 Å². The van der Waals surface area contributed by atoms with Crippen molar-refractivity contribution in [1.82, 2.24) is 19.4 Å². The molecule has 1 N–H and O–H groups in total. The number of carbonyl (C=O) groups excluding carboxylic acids is 1. The van der Waals surface area contributed by atoms with Gasteiger partial charge in [-0.25, -0.2) is 9.78 Å². The van der Waals surface area contributed by atoms with Crippen molar-refractivity contribution in [3.8, 4) is 0 Å². The Morgan fingerprint density at radius 3 is 2.16 bits per heavy atom. The number of para-hydroxylation sites is 2. The van der Waals surface area contributed by atoms with Crippen molar-refractivity contribution in [2.45, 2.75) is 75.4 Å². The molecule has 43 heavy (non-hydrogen) atoms. The van der Waals surface area contributed by atoms with Crippen LogP contribution in [0.15, 0.2) is 78.9 Å². The molecule has 0 aliphatic carbocycles. The molecule has 2 bridgehead atoms. The van der Waals surface area contributed by atoms with E-state index in [0.29, 0.717) is 31.2 Å². The minimum Gasteiger partial charge on any atom is -0.478 e. The second-order valence-corrected chi connectivity index (χ2v) is 12.8. The summed E-state index contributed by atoms with van der Waals surface area (Å²) in [6.07, 6.45) is 7.68. The van der Waals surface area contributed by atoms with E-state index in [1.807, 2.05) is 4.90 Å². The van der Waals surface area contributed by atoms with Gasteiger partial charge in [-0.3, -0.25) is 9.69 Å². The van der Waals surface area contributed by atoms with Crippen LogP contribution in [0.2, 0.25) is 0 Å². The Balaban J connectivity index is 1.07. The lowest BCUT2D eigenvalue weighted by atomic mass is 9.70. The van der Waals surface area contributed by atoms with Crippen molar-refractivity contribution in [1.29, 1.82) is 0 Å². The van der Waals surface area contributed by atoms with E-state index in [0.717, 1.165) is 37.1 Å². The molecule has 0 saturated carbocycles. The maximum Gasteiger partial charge on any atom is 0.336 e. The third kappa shape index (κ3) is 5.03. The lowest BCUT2D eigenvalue weighted by Gasteiger charge is -2.45. The third-order valence-electron chi connectivity index (χ3n) is 10.6. The van der Waals surface area contributed by atoms with E-state index < -0.39 is 5.97 Å². The number of likely N-dealkylation sites (tertiary alicyclic amines) is 1. The van der Waals surface area contributed by atoms with Gasteiger partial charge in [-0.1, -0.05) is 54.6 Å². The topological polar surface area (TPSA) is 78.7 Å². The lowest BCUT2D eigenvalue weighted by molar-refractivity contribution is 0.0592. The highest BCUT2D eigenvalue weighted by Gasteiger charge is 2.44. The first kappa shape index (κ1) is 27.8. The molecule has 3 fully saturated rings. The Hall–Kier alpha value is -3.97. The molecule has 4 aromatic rings. The van der Waals surface area contributed by atoms with Gasteiger partial charge in [-0.05, 0) is 93.7 Å². The van der Waals surface area contributed by atoms with Crippen LogP contribution in [0, 0.1) is 6.92 Å². The maximum absolute atomic E-state index is 13.5. The number of carboxylic acids is 1. The van der Waals surface area contributed by atoms with E-state index in [2.05, 4.69) is 71.0 Å². The average Bonchev–Trinajstić information content (AvgIpc) is 3.50. The number of carboxylic acid groups (broad SMARTS) is 1. The molecule has 1 amide bonds. The predicted octanol–water partition coefficient (Wildman–Crippen LogP) is 6.48. The predicted molar refractivity (Wildman–Crippen MR) is 168 cm³/mol. The number of amides is 1. The fourth-order valence-electron chi connectivity index (χ4n) is 8.43. The molecular weight excluding hydrogens is 536 g/mol. The molecule has 3 aliphatic heterocycles. The summed E-state index contributed by atoms with van der Waals surface area (Å²) in [5.74, 6) is -0.120. The van der Waals surface area contributed by atoms with Crippen LogP contribution >= 0.6 is 0 Å². The number of hydrogen-bond donors (Lipinski definition) is 1. The van der Waals surface area contributed by atoms with Gasteiger partial charge in [-0.2, -0.15) is 0 Å². The molecule has 4 heterocycles. The fraction of sp³-hybridized carbons (Fsp3) is 0.417. The summed E-state index contributed by atoms with van der Waals surface area (Å²) in [4.78, 5) is 34.7. The van der Waals surface area contributed by atoms with Crippen LogP contribution in [0.4, 0.5) is 0 Å². The second-order valence-electron chi connectivity index (χ2n) is 12.8. The number of imidazole rings is 1. The molecule has 7 rings (SSSR count). The van der Waals surface area contributed by atoms with E-state index in [9.17, 15) is 14.7 Å². The molecule has 3 aromatic carbocycles. The first-order chi connectivity index (χ1) is 20.9. The SMILES string of the molecule is Cc1nc2ccccc2n1[C@H]1C[C@H]2CC[C@@H](C1)N2CCC1(c2ccccc2)CCN(C(=O)c2ccccc2C(=O)O)CC1. The number of aromatic nitrogens is 2. The minimum atomic E-state index is -1.06. The standard InChI is InChI=1S/C36H40N4O3/c1-25-37-32-13-7-8-14-33(32)40(25)29-23-27-15-16-28(24-29)39(27)22-19-36(26-9-3-2-4-10-26)17-20-38(21-18-36)34(41)30-11-5-6-12-31(30)35(42)43/h2-14,27-29H,15-24H2,1H3,(H,42,43)/t27-,28+,29+. The van der Waals surface area contributed by atoms with E-state index in [1.165, 1.54) is 42.8 Å². The van der Waals surface area contributed by atoms with Crippen LogP contribution in [0.25, 0.3) is 11.0 Å². The largest absolute Gasteiger partial charge is 0.478 e. The highest BCUT2D eigenvalue weighted by atomic mass is 16.4. The zero-order valence-corrected chi connectivity index (χ0v) is 24.9. The van der Waals surface area contributed by atoms with Crippen molar-refractivity contribution < 1.29 is 14.7 Å². The summed E-state index contributed by atoms with van der Waals surface area (Å²) in [6.45, 7) is 4.47. The summed E-state index contributed by atoms with van der Waals surface area (Å²) in [6, 6.07) is 27.6. The van der Waals surface area contributed by atoms with Gasteiger partial charge >= 0.3 is 5.97 Å². The number of benzene rings is 3. The zero-order chi connectivity index (χ0) is 29.6. The lowest BCUT2D eigenvalue weighted by Crippen LogP contribution is -2.49. The Labute approximate surface area is 253 Å². The molecule has 0 unspecified atom stereocenters. The molecule has 1 aromatic heterocycles. The van der Waals surface area contributed by atoms with Crippen LogP contribution in [-0.4, -0.2) is 68.1 Å². The van der Waals surface area contributed by atoms with Gasteiger partial charge in [0.1, 0.15) is 5.82 Å². The molecule has 7 nitrogen and oxygen atoms in total. The number of nitrogens with zero attached hydrogens (tertiary/aromatic N) is 4. The summed E-state index contributed by atoms with van der Waals surface area (Å²) >= 11 is 0. The number of piperidine rings is 2. The first-order valence-corrected chi connectivity index (χ1v) is 15.8. The molecule has 0 spiro atoms. The molecule has 222 valence electrons. The Bertz CT molecular complexity index is 1620. The molecule has 3 saturated heterocycles. The third-order valence-corrected chi connectivity index (χ3v) is 10.6. The summed E-state index contributed by atoms with van der Waals surface area (Å²) in [5, 5.41) is 9.64. The van der Waals surface area contributed by atoms with Gasteiger partial charge in [0.25, 0.3) is 5.91 Å². The van der Waals surface area contributed by atoms with Crippen molar-refractivity contribution in [2.75, 3.05) is 19.6 Å². The average molecular weight is 577 g/mol. The van der Waals surface area contributed by atoms with Crippen LogP contribution in [0.1, 0.15) is 83.1 Å². The summed E-state index contributed by atoms with van der Waals surface area (Å²) in [5.41, 5.74) is 4.06. The minimum absolute atomic E-state index is 0.00220. The van der Waals surface area contributed by atoms with Crippen LogP contribution < -0.4 is 0 Å². The zero-order valence-electron chi connectivity index (χ0n) is 24.9. The number of aryl methyl sites for hydroxylation is 1. The second kappa shape index (κ2) is 11.3.